The normalized spacial score (nSPS) is 27.4. The molecule has 7 heteroatoms. The summed E-state index contributed by atoms with van der Waals surface area (Å²) in [5, 5.41) is 9.69. The van der Waals surface area contributed by atoms with E-state index in [0.29, 0.717) is 19.3 Å². The maximum absolute atomic E-state index is 11.7. The summed E-state index contributed by atoms with van der Waals surface area (Å²) < 4.78 is 33.2. The first-order chi connectivity index (χ1) is 8.79. The fraction of sp³-hybridized carbons (Fsp3) is 0.583. The SMILES string of the molecule is COC(=O)c1ccc(C2(O)CCCC2S(C)(=O)=O)o1. The van der Waals surface area contributed by atoms with E-state index in [1.807, 2.05) is 0 Å². The van der Waals surface area contributed by atoms with Crippen molar-refractivity contribution in [3.05, 3.63) is 23.7 Å². The number of rotatable bonds is 3. The van der Waals surface area contributed by atoms with Gasteiger partial charge in [-0.2, -0.15) is 0 Å². The van der Waals surface area contributed by atoms with Gasteiger partial charge in [-0.15, -0.1) is 0 Å². The smallest absolute Gasteiger partial charge is 0.373 e. The summed E-state index contributed by atoms with van der Waals surface area (Å²) >= 11 is 0. The highest BCUT2D eigenvalue weighted by Crippen LogP contribution is 2.43. The number of carbonyl (C=O) groups excluding carboxylic acids is 1. The highest BCUT2D eigenvalue weighted by atomic mass is 32.2. The third-order valence-electron chi connectivity index (χ3n) is 3.49. The fourth-order valence-electron chi connectivity index (χ4n) is 2.59. The second-order valence-corrected chi connectivity index (χ2v) is 7.02. The molecule has 1 heterocycles. The van der Waals surface area contributed by atoms with Gasteiger partial charge in [0.1, 0.15) is 11.4 Å². The Labute approximate surface area is 111 Å². The fourth-order valence-corrected chi connectivity index (χ4v) is 4.12. The van der Waals surface area contributed by atoms with Crippen LogP contribution >= 0.6 is 0 Å². The number of esters is 1. The number of hydrogen-bond donors (Lipinski definition) is 1. The van der Waals surface area contributed by atoms with E-state index in [-0.39, 0.29) is 11.5 Å². The Morgan fingerprint density at radius 3 is 2.79 bits per heavy atom. The number of furan rings is 1. The first-order valence-electron chi connectivity index (χ1n) is 5.89. The largest absolute Gasteiger partial charge is 0.463 e. The third kappa shape index (κ3) is 2.40. The lowest BCUT2D eigenvalue weighted by molar-refractivity contribution is 0.0223. The first kappa shape index (κ1) is 14.1. The van der Waals surface area contributed by atoms with Crippen LogP contribution in [0, 0.1) is 0 Å². The van der Waals surface area contributed by atoms with Crippen molar-refractivity contribution in [3.63, 3.8) is 0 Å². The average Bonchev–Trinajstić information content (AvgIpc) is 2.93. The van der Waals surface area contributed by atoms with Crippen LogP contribution < -0.4 is 0 Å². The van der Waals surface area contributed by atoms with Gasteiger partial charge in [0.2, 0.25) is 5.76 Å². The lowest BCUT2D eigenvalue weighted by Gasteiger charge is -2.26. The number of sulfone groups is 1. The van der Waals surface area contributed by atoms with Crippen molar-refractivity contribution in [1.29, 1.82) is 0 Å². The summed E-state index contributed by atoms with van der Waals surface area (Å²) in [6, 6.07) is 2.80. The van der Waals surface area contributed by atoms with Crippen LogP contribution in [0.1, 0.15) is 35.6 Å². The van der Waals surface area contributed by atoms with E-state index in [4.69, 9.17) is 4.42 Å². The van der Waals surface area contributed by atoms with Crippen molar-refractivity contribution in [2.45, 2.75) is 30.1 Å². The van der Waals surface area contributed by atoms with Gasteiger partial charge < -0.3 is 14.3 Å². The minimum atomic E-state index is -3.40. The Bertz CT molecular complexity index is 587. The zero-order valence-corrected chi connectivity index (χ0v) is 11.6. The topological polar surface area (TPSA) is 93.8 Å². The van der Waals surface area contributed by atoms with Gasteiger partial charge in [-0.05, 0) is 31.4 Å². The van der Waals surface area contributed by atoms with Gasteiger partial charge in [-0.25, -0.2) is 13.2 Å². The van der Waals surface area contributed by atoms with E-state index in [1.54, 1.807) is 0 Å². The van der Waals surface area contributed by atoms with Gasteiger partial charge >= 0.3 is 5.97 Å². The summed E-state index contributed by atoms with van der Waals surface area (Å²) in [5.41, 5.74) is -1.57. The van der Waals surface area contributed by atoms with Crippen molar-refractivity contribution in [2.75, 3.05) is 13.4 Å². The summed E-state index contributed by atoms with van der Waals surface area (Å²) in [7, 11) is -2.18. The standard InChI is InChI=1S/C12H16O6S/c1-17-11(13)8-5-6-9(18-8)12(14)7-3-4-10(12)19(2,15)16/h5-6,10,14H,3-4,7H2,1-2H3. The minimum absolute atomic E-state index is 0.0509. The molecule has 2 unspecified atom stereocenters. The Balaban J connectivity index is 2.39. The van der Waals surface area contributed by atoms with E-state index in [9.17, 15) is 18.3 Å². The number of aliphatic hydroxyl groups is 1. The Morgan fingerprint density at radius 2 is 2.21 bits per heavy atom. The van der Waals surface area contributed by atoms with Crippen LogP contribution in [0.2, 0.25) is 0 Å². The summed E-state index contributed by atoms with van der Waals surface area (Å²) in [6.45, 7) is 0. The molecule has 6 nitrogen and oxygen atoms in total. The monoisotopic (exact) mass is 288 g/mol. The van der Waals surface area contributed by atoms with Gasteiger partial charge in [0, 0.05) is 6.26 Å². The highest BCUT2D eigenvalue weighted by molar-refractivity contribution is 7.91. The van der Waals surface area contributed by atoms with Crippen molar-refractivity contribution in [2.24, 2.45) is 0 Å². The van der Waals surface area contributed by atoms with Crippen LogP contribution in [0.25, 0.3) is 0 Å². The summed E-state index contributed by atoms with van der Waals surface area (Å²) in [6.07, 6.45) is 2.35. The molecule has 0 bridgehead atoms. The second-order valence-electron chi connectivity index (χ2n) is 4.79. The third-order valence-corrected chi connectivity index (χ3v) is 5.15. The summed E-state index contributed by atoms with van der Waals surface area (Å²) in [4.78, 5) is 11.3. The molecule has 0 amide bonds. The van der Waals surface area contributed by atoms with E-state index >= 15 is 0 Å². The predicted molar refractivity (Wildman–Crippen MR) is 66.4 cm³/mol. The highest BCUT2D eigenvalue weighted by Gasteiger charge is 2.50. The van der Waals surface area contributed by atoms with Crippen LogP contribution in [-0.4, -0.2) is 38.1 Å². The number of ether oxygens (including phenoxy) is 1. The van der Waals surface area contributed by atoms with Crippen molar-refractivity contribution in [1.82, 2.24) is 0 Å². The quantitative estimate of drug-likeness (QED) is 0.829. The van der Waals surface area contributed by atoms with Crippen molar-refractivity contribution >= 4 is 15.8 Å². The average molecular weight is 288 g/mol. The minimum Gasteiger partial charge on any atom is -0.463 e. The van der Waals surface area contributed by atoms with Gasteiger partial charge in [-0.3, -0.25) is 0 Å². The second kappa shape index (κ2) is 4.64. The molecule has 0 saturated heterocycles. The molecule has 1 aliphatic carbocycles. The molecule has 106 valence electrons. The molecule has 2 atom stereocenters. The lowest BCUT2D eigenvalue weighted by Crippen LogP contribution is -2.39. The molecule has 0 radical (unpaired) electrons. The van der Waals surface area contributed by atoms with Crippen LogP contribution in [-0.2, 0) is 20.2 Å². The molecule has 0 aliphatic heterocycles. The maximum atomic E-state index is 11.7. The van der Waals surface area contributed by atoms with Gasteiger partial charge in [0.15, 0.2) is 9.84 Å². The molecular formula is C12H16O6S. The molecule has 1 saturated carbocycles. The zero-order valence-electron chi connectivity index (χ0n) is 10.8. The molecule has 1 aromatic rings. The number of hydrogen-bond acceptors (Lipinski definition) is 6. The van der Waals surface area contributed by atoms with Crippen LogP contribution in [0.5, 0.6) is 0 Å². The Hall–Kier alpha value is -1.34. The molecular weight excluding hydrogens is 272 g/mol. The lowest BCUT2D eigenvalue weighted by atomic mass is 9.99. The van der Waals surface area contributed by atoms with Crippen molar-refractivity contribution < 1.29 is 27.5 Å². The molecule has 2 rings (SSSR count). The molecule has 1 aliphatic rings. The van der Waals surface area contributed by atoms with Gasteiger partial charge in [0.05, 0.1) is 12.4 Å². The van der Waals surface area contributed by atoms with Crippen LogP contribution in [0.3, 0.4) is 0 Å². The van der Waals surface area contributed by atoms with E-state index in [2.05, 4.69) is 4.74 Å². The maximum Gasteiger partial charge on any atom is 0.373 e. The molecule has 0 aromatic carbocycles. The molecule has 0 spiro atoms. The van der Waals surface area contributed by atoms with Crippen LogP contribution in [0.15, 0.2) is 16.5 Å². The zero-order chi connectivity index (χ0) is 14.3. The van der Waals surface area contributed by atoms with Crippen LogP contribution in [0.4, 0.5) is 0 Å². The molecule has 1 fully saturated rings. The Kier molecular flexibility index (Phi) is 3.44. The van der Waals surface area contributed by atoms with E-state index < -0.39 is 26.7 Å². The predicted octanol–water partition coefficient (Wildman–Crippen LogP) is 0.851. The molecule has 1 aromatic heterocycles. The number of carbonyl (C=O) groups is 1. The Morgan fingerprint density at radius 1 is 1.53 bits per heavy atom. The van der Waals surface area contributed by atoms with Gasteiger partial charge in [0.25, 0.3) is 0 Å². The van der Waals surface area contributed by atoms with E-state index in [0.717, 1.165) is 6.26 Å². The van der Waals surface area contributed by atoms with Gasteiger partial charge in [-0.1, -0.05) is 0 Å². The van der Waals surface area contributed by atoms with Crippen molar-refractivity contribution in [3.8, 4) is 0 Å². The number of methoxy groups -OCH3 is 1. The molecule has 19 heavy (non-hydrogen) atoms. The summed E-state index contributed by atoms with van der Waals surface area (Å²) in [5.74, 6) is -0.616. The first-order valence-corrected chi connectivity index (χ1v) is 7.84. The van der Waals surface area contributed by atoms with E-state index in [1.165, 1.54) is 19.2 Å². The molecule has 1 N–H and O–H groups in total.